The molecule has 0 saturated heterocycles. The zero-order valence-corrected chi connectivity index (χ0v) is 19.5. The highest BCUT2D eigenvalue weighted by atomic mass is 35.5. The van der Waals surface area contributed by atoms with Crippen molar-refractivity contribution in [3.8, 4) is 0 Å². The molecule has 0 unspecified atom stereocenters. The molecule has 0 aliphatic carbocycles. The Hall–Kier alpha value is -3.28. The highest BCUT2D eigenvalue weighted by Gasteiger charge is 2.14. The van der Waals surface area contributed by atoms with Crippen molar-refractivity contribution in [3.63, 3.8) is 0 Å². The number of carbonyl (C=O) groups is 1. The standard InChI is InChI=1S/C26H23ClN4O.ClH/c27-20-10-11-22-21(15-20)19(16-29-22)12-13-28-26(32)17-31-24-9-5-4-8-23(24)30-25(31)14-18-6-2-1-3-7-18;/h1-11,15-16,29H,12-14,17H2,(H,28,32);1H. The van der Waals surface area contributed by atoms with Crippen molar-refractivity contribution >= 4 is 51.9 Å². The number of nitrogens with zero attached hydrogens (tertiary/aromatic N) is 2. The Morgan fingerprint density at radius 2 is 1.82 bits per heavy atom. The summed E-state index contributed by atoms with van der Waals surface area (Å²) in [7, 11) is 0. The third kappa shape index (κ3) is 5.05. The minimum absolute atomic E-state index is 0. The van der Waals surface area contributed by atoms with Crippen LogP contribution in [0.2, 0.25) is 5.02 Å². The Labute approximate surface area is 203 Å². The topological polar surface area (TPSA) is 62.7 Å². The summed E-state index contributed by atoms with van der Waals surface area (Å²) in [4.78, 5) is 20.9. The maximum atomic E-state index is 12.8. The quantitative estimate of drug-likeness (QED) is 0.322. The molecule has 0 atom stereocenters. The van der Waals surface area contributed by atoms with Crippen molar-refractivity contribution in [2.24, 2.45) is 0 Å². The second-order valence-electron chi connectivity index (χ2n) is 7.87. The van der Waals surface area contributed by atoms with Crippen LogP contribution in [0.25, 0.3) is 21.9 Å². The minimum Gasteiger partial charge on any atom is -0.361 e. The van der Waals surface area contributed by atoms with Crippen LogP contribution in [-0.2, 0) is 24.2 Å². The molecular weight excluding hydrogens is 455 g/mol. The molecule has 0 aliphatic heterocycles. The minimum atomic E-state index is -0.0275. The molecule has 5 aromatic rings. The van der Waals surface area contributed by atoms with Gasteiger partial charge in [0, 0.05) is 35.1 Å². The Balaban J connectivity index is 0.00000259. The maximum Gasteiger partial charge on any atom is 0.240 e. The summed E-state index contributed by atoms with van der Waals surface area (Å²) in [6.07, 6.45) is 3.39. The van der Waals surface area contributed by atoms with Gasteiger partial charge in [-0.3, -0.25) is 4.79 Å². The molecule has 5 nitrogen and oxygen atoms in total. The molecule has 3 aromatic carbocycles. The molecule has 0 aliphatic rings. The molecule has 0 radical (unpaired) electrons. The molecule has 5 rings (SSSR count). The van der Waals surface area contributed by atoms with E-state index in [0.29, 0.717) is 18.0 Å². The van der Waals surface area contributed by atoms with E-state index in [2.05, 4.69) is 22.4 Å². The third-order valence-corrected chi connectivity index (χ3v) is 5.92. The number of aromatic nitrogens is 3. The summed E-state index contributed by atoms with van der Waals surface area (Å²) in [5, 5.41) is 4.86. The summed E-state index contributed by atoms with van der Waals surface area (Å²) in [6, 6.07) is 24.0. The molecule has 0 spiro atoms. The third-order valence-electron chi connectivity index (χ3n) is 5.69. The fourth-order valence-electron chi connectivity index (χ4n) is 4.11. The second kappa shape index (κ2) is 10.1. The van der Waals surface area contributed by atoms with E-state index >= 15 is 0 Å². The van der Waals surface area contributed by atoms with Crippen molar-refractivity contribution in [2.45, 2.75) is 19.4 Å². The SMILES string of the molecule is Cl.O=C(Cn1c(Cc2ccccc2)nc2ccccc21)NCCc1c[nH]c2ccc(Cl)cc12. The maximum absolute atomic E-state index is 12.8. The van der Waals surface area contributed by atoms with E-state index in [1.54, 1.807) is 0 Å². The van der Waals surface area contributed by atoms with E-state index in [1.165, 1.54) is 5.56 Å². The number of halogens is 2. The van der Waals surface area contributed by atoms with E-state index in [4.69, 9.17) is 16.6 Å². The van der Waals surface area contributed by atoms with Gasteiger partial charge in [0.2, 0.25) is 5.91 Å². The predicted octanol–water partition coefficient (Wildman–Crippen LogP) is 5.54. The van der Waals surface area contributed by atoms with Crippen LogP contribution >= 0.6 is 24.0 Å². The number of imidazole rings is 1. The average Bonchev–Trinajstić information content (AvgIpc) is 3.35. The molecule has 33 heavy (non-hydrogen) atoms. The van der Waals surface area contributed by atoms with Gasteiger partial charge >= 0.3 is 0 Å². The number of hydrogen-bond donors (Lipinski definition) is 2. The van der Waals surface area contributed by atoms with Crippen LogP contribution in [-0.4, -0.2) is 27.0 Å². The number of para-hydroxylation sites is 2. The summed E-state index contributed by atoms with van der Waals surface area (Å²) >= 11 is 6.14. The van der Waals surface area contributed by atoms with Crippen LogP contribution in [0.15, 0.2) is 79.0 Å². The number of amides is 1. The Morgan fingerprint density at radius 3 is 2.67 bits per heavy atom. The lowest BCUT2D eigenvalue weighted by molar-refractivity contribution is -0.121. The normalized spacial score (nSPS) is 10.9. The second-order valence-corrected chi connectivity index (χ2v) is 8.31. The average molecular weight is 479 g/mol. The molecule has 2 aromatic heterocycles. The number of aromatic amines is 1. The monoisotopic (exact) mass is 478 g/mol. The van der Waals surface area contributed by atoms with Crippen molar-refractivity contribution < 1.29 is 4.79 Å². The summed E-state index contributed by atoms with van der Waals surface area (Å²) < 4.78 is 2.02. The molecule has 1 amide bonds. The first kappa shape index (κ1) is 22.9. The van der Waals surface area contributed by atoms with Gasteiger partial charge in [0.1, 0.15) is 12.4 Å². The lowest BCUT2D eigenvalue weighted by Gasteiger charge is -2.10. The van der Waals surface area contributed by atoms with Gasteiger partial charge < -0.3 is 14.9 Å². The Kier molecular flexibility index (Phi) is 7.02. The van der Waals surface area contributed by atoms with Crippen LogP contribution in [0.3, 0.4) is 0 Å². The predicted molar refractivity (Wildman–Crippen MR) is 136 cm³/mol. The highest BCUT2D eigenvalue weighted by molar-refractivity contribution is 6.31. The summed E-state index contributed by atoms with van der Waals surface area (Å²) in [6.45, 7) is 0.793. The van der Waals surface area contributed by atoms with Gasteiger partial charge in [0.25, 0.3) is 0 Å². The number of fused-ring (bicyclic) bond motifs is 2. The lowest BCUT2D eigenvalue weighted by Crippen LogP contribution is -2.30. The summed E-state index contributed by atoms with van der Waals surface area (Å²) in [5.74, 6) is 0.860. The first-order chi connectivity index (χ1) is 15.7. The van der Waals surface area contributed by atoms with Gasteiger partial charge in [-0.15, -0.1) is 12.4 Å². The van der Waals surface area contributed by atoms with Gasteiger partial charge in [0.05, 0.1) is 11.0 Å². The Bertz CT molecular complexity index is 1390. The first-order valence-electron chi connectivity index (χ1n) is 10.7. The smallest absolute Gasteiger partial charge is 0.240 e. The number of H-pyrrole nitrogens is 1. The van der Waals surface area contributed by atoms with E-state index in [1.807, 2.05) is 71.4 Å². The van der Waals surface area contributed by atoms with Gasteiger partial charge in [0.15, 0.2) is 0 Å². The molecule has 0 saturated carbocycles. The summed E-state index contributed by atoms with van der Waals surface area (Å²) in [5.41, 5.74) is 5.23. The Morgan fingerprint density at radius 1 is 1.03 bits per heavy atom. The van der Waals surface area contributed by atoms with Crippen LogP contribution in [0.1, 0.15) is 17.0 Å². The number of rotatable bonds is 7. The van der Waals surface area contributed by atoms with Crippen molar-refractivity contribution in [1.29, 1.82) is 0 Å². The van der Waals surface area contributed by atoms with E-state index in [-0.39, 0.29) is 24.9 Å². The van der Waals surface area contributed by atoms with Crippen molar-refractivity contribution in [3.05, 3.63) is 101 Å². The van der Waals surface area contributed by atoms with Crippen LogP contribution in [0, 0.1) is 0 Å². The number of carbonyl (C=O) groups excluding carboxylic acids is 1. The zero-order chi connectivity index (χ0) is 21.9. The van der Waals surface area contributed by atoms with Crippen LogP contribution in [0.5, 0.6) is 0 Å². The van der Waals surface area contributed by atoms with Gasteiger partial charge in [-0.2, -0.15) is 0 Å². The largest absolute Gasteiger partial charge is 0.361 e. The lowest BCUT2D eigenvalue weighted by atomic mass is 10.1. The fraction of sp³-hybridized carbons (Fsp3) is 0.154. The highest BCUT2D eigenvalue weighted by Crippen LogP contribution is 2.23. The van der Waals surface area contributed by atoms with E-state index in [9.17, 15) is 4.79 Å². The van der Waals surface area contributed by atoms with Crippen LogP contribution < -0.4 is 5.32 Å². The van der Waals surface area contributed by atoms with Gasteiger partial charge in [-0.05, 0) is 47.9 Å². The molecule has 2 heterocycles. The van der Waals surface area contributed by atoms with Crippen molar-refractivity contribution in [1.82, 2.24) is 19.9 Å². The van der Waals surface area contributed by atoms with E-state index in [0.717, 1.165) is 39.7 Å². The van der Waals surface area contributed by atoms with Crippen molar-refractivity contribution in [2.75, 3.05) is 6.54 Å². The zero-order valence-electron chi connectivity index (χ0n) is 17.9. The molecule has 0 fully saturated rings. The van der Waals surface area contributed by atoms with Crippen LogP contribution in [0.4, 0.5) is 0 Å². The molecule has 0 bridgehead atoms. The number of hydrogen-bond acceptors (Lipinski definition) is 2. The van der Waals surface area contributed by atoms with Gasteiger partial charge in [-0.25, -0.2) is 4.98 Å². The first-order valence-corrected chi connectivity index (χ1v) is 11.1. The fourth-order valence-corrected chi connectivity index (χ4v) is 4.28. The van der Waals surface area contributed by atoms with E-state index < -0.39 is 0 Å². The molecule has 2 N–H and O–H groups in total. The molecule has 168 valence electrons. The molecular formula is C26H24Cl2N4O. The van der Waals surface area contributed by atoms with Gasteiger partial charge in [-0.1, -0.05) is 54.1 Å². The number of nitrogens with one attached hydrogen (secondary N) is 2. The molecule has 7 heteroatoms. The number of benzene rings is 3.